The summed E-state index contributed by atoms with van der Waals surface area (Å²) in [6.45, 7) is 2.20. The van der Waals surface area contributed by atoms with Gasteiger partial charge in [-0.25, -0.2) is 0 Å². The molecule has 0 amide bonds. The van der Waals surface area contributed by atoms with Crippen LogP contribution in [0.1, 0.15) is 64.7 Å². The topological polar surface area (TPSA) is 43.4 Å². The number of hydrogen-bond donors (Lipinski definition) is 0. The van der Waals surface area contributed by atoms with Crippen molar-refractivity contribution in [3.63, 3.8) is 0 Å². The summed E-state index contributed by atoms with van der Waals surface area (Å²) in [6.07, 6.45) is 9.73. The van der Waals surface area contributed by atoms with Crippen molar-refractivity contribution in [1.82, 2.24) is 0 Å². The first kappa shape index (κ1) is 13.1. The molecule has 0 atom stereocenters. The Morgan fingerprint density at radius 3 is 2.26 bits per heavy atom. The molecule has 106 valence electrons. The molecule has 1 spiro atoms. The van der Waals surface area contributed by atoms with Crippen LogP contribution >= 0.6 is 0 Å². The Morgan fingerprint density at radius 2 is 1.74 bits per heavy atom. The normalized spacial score (nSPS) is 27.6. The van der Waals surface area contributed by atoms with E-state index in [9.17, 15) is 9.59 Å². The van der Waals surface area contributed by atoms with Crippen molar-refractivity contribution in [1.29, 1.82) is 0 Å². The van der Waals surface area contributed by atoms with Gasteiger partial charge in [0.2, 0.25) is 0 Å². The van der Waals surface area contributed by atoms with E-state index in [2.05, 4.69) is 0 Å². The summed E-state index contributed by atoms with van der Waals surface area (Å²) < 4.78 is 5.22. The van der Waals surface area contributed by atoms with Crippen molar-refractivity contribution in [3.8, 4) is 0 Å². The van der Waals surface area contributed by atoms with E-state index >= 15 is 0 Å². The average molecular weight is 264 g/mol. The van der Waals surface area contributed by atoms with Crippen LogP contribution in [0.4, 0.5) is 0 Å². The quantitative estimate of drug-likeness (QED) is 0.578. The summed E-state index contributed by atoms with van der Waals surface area (Å²) in [6, 6.07) is 0. The van der Waals surface area contributed by atoms with Gasteiger partial charge in [0.25, 0.3) is 0 Å². The molecule has 0 aromatic rings. The molecule has 3 saturated carbocycles. The Bertz CT molecular complexity index is 381. The lowest BCUT2D eigenvalue weighted by Crippen LogP contribution is -2.57. The molecular weight excluding hydrogens is 240 g/mol. The summed E-state index contributed by atoms with van der Waals surface area (Å²) >= 11 is 0. The molecule has 3 aliphatic carbocycles. The van der Waals surface area contributed by atoms with Crippen LogP contribution in [0.2, 0.25) is 0 Å². The maximum atomic E-state index is 12.6. The molecular formula is C16H24O3. The number of hydrogen-bond acceptors (Lipinski definition) is 3. The first-order chi connectivity index (χ1) is 9.12. The van der Waals surface area contributed by atoms with Gasteiger partial charge in [-0.1, -0.05) is 19.3 Å². The van der Waals surface area contributed by atoms with E-state index in [0.717, 1.165) is 25.7 Å². The molecule has 3 rings (SSSR count). The predicted octanol–water partition coefficient (Wildman–Crippen LogP) is 3.26. The van der Waals surface area contributed by atoms with Crippen molar-refractivity contribution >= 4 is 11.8 Å². The fourth-order valence-electron chi connectivity index (χ4n) is 4.31. The summed E-state index contributed by atoms with van der Waals surface area (Å²) in [5.41, 5.74) is -0.468. The molecule has 0 bridgehead atoms. The summed E-state index contributed by atoms with van der Waals surface area (Å²) in [5, 5.41) is 0. The molecule has 0 unspecified atom stereocenters. The Balaban J connectivity index is 1.76. The first-order valence-electron chi connectivity index (χ1n) is 7.83. The number of carbonyl (C=O) groups excluding carboxylic acids is 2. The van der Waals surface area contributed by atoms with Crippen molar-refractivity contribution in [2.24, 2.45) is 16.7 Å². The minimum atomic E-state index is -0.755. The third-order valence-corrected chi connectivity index (χ3v) is 5.35. The minimum Gasteiger partial charge on any atom is -0.465 e. The molecule has 0 saturated heterocycles. The molecule has 3 nitrogen and oxygen atoms in total. The van der Waals surface area contributed by atoms with Gasteiger partial charge in [-0.2, -0.15) is 0 Å². The van der Waals surface area contributed by atoms with Crippen molar-refractivity contribution in [3.05, 3.63) is 0 Å². The SMILES string of the molecule is CCOC(=O)C1(C(=O)C2CC2)CC2(CCCCC2)C1. The molecule has 3 aliphatic rings. The van der Waals surface area contributed by atoms with Gasteiger partial charge < -0.3 is 4.74 Å². The zero-order chi connectivity index (χ0) is 13.5. The van der Waals surface area contributed by atoms with Gasteiger partial charge in [0.05, 0.1) is 6.61 Å². The van der Waals surface area contributed by atoms with Gasteiger partial charge in [0.15, 0.2) is 5.78 Å². The zero-order valence-corrected chi connectivity index (χ0v) is 11.9. The van der Waals surface area contributed by atoms with Crippen LogP contribution in [-0.4, -0.2) is 18.4 Å². The molecule has 3 fully saturated rings. The maximum absolute atomic E-state index is 12.6. The second-order valence-electron chi connectivity index (χ2n) is 6.86. The molecule has 0 aromatic heterocycles. The lowest BCUT2D eigenvalue weighted by atomic mass is 9.47. The second kappa shape index (κ2) is 4.60. The number of ether oxygens (including phenoxy) is 1. The monoisotopic (exact) mass is 264 g/mol. The van der Waals surface area contributed by atoms with Gasteiger partial charge in [0.1, 0.15) is 5.41 Å². The number of carbonyl (C=O) groups is 2. The van der Waals surface area contributed by atoms with Gasteiger partial charge >= 0.3 is 5.97 Å². The average Bonchev–Trinajstić information content (AvgIpc) is 3.20. The van der Waals surface area contributed by atoms with Crippen LogP contribution < -0.4 is 0 Å². The Labute approximate surface area is 115 Å². The molecule has 19 heavy (non-hydrogen) atoms. The highest BCUT2D eigenvalue weighted by molar-refractivity contribution is 6.07. The van der Waals surface area contributed by atoms with E-state index in [0.29, 0.717) is 6.61 Å². The Morgan fingerprint density at radius 1 is 1.11 bits per heavy atom. The Hall–Kier alpha value is -0.860. The fourth-order valence-corrected chi connectivity index (χ4v) is 4.31. The van der Waals surface area contributed by atoms with E-state index in [1.807, 2.05) is 6.92 Å². The molecule has 0 N–H and O–H groups in total. The van der Waals surface area contributed by atoms with Crippen LogP contribution in [-0.2, 0) is 14.3 Å². The lowest BCUT2D eigenvalue weighted by Gasteiger charge is -2.55. The highest BCUT2D eigenvalue weighted by Gasteiger charge is 2.65. The first-order valence-corrected chi connectivity index (χ1v) is 7.83. The molecule has 0 radical (unpaired) electrons. The van der Waals surface area contributed by atoms with Crippen molar-refractivity contribution in [2.75, 3.05) is 6.61 Å². The third kappa shape index (κ3) is 2.11. The zero-order valence-electron chi connectivity index (χ0n) is 11.9. The second-order valence-corrected chi connectivity index (χ2v) is 6.86. The number of rotatable bonds is 4. The van der Waals surface area contributed by atoms with Crippen LogP contribution in [0.3, 0.4) is 0 Å². The van der Waals surface area contributed by atoms with E-state index < -0.39 is 5.41 Å². The van der Waals surface area contributed by atoms with E-state index in [1.54, 1.807) is 0 Å². The summed E-state index contributed by atoms with van der Waals surface area (Å²) in [7, 11) is 0. The van der Waals surface area contributed by atoms with E-state index in [-0.39, 0.29) is 23.1 Å². The number of esters is 1. The van der Waals surface area contributed by atoms with Gasteiger partial charge in [-0.05, 0) is 50.9 Å². The van der Waals surface area contributed by atoms with Crippen LogP contribution in [0.25, 0.3) is 0 Å². The molecule has 0 heterocycles. The third-order valence-electron chi connectivity index (χ3n) is 5.35. The molecule has 3 heteroatoms. The summed E-state index contributed by atoms with van der Waals surface area (Å²) in [5.74, 6) is 0.121. The standard InChI is InChI=1S/C16H24O3/c1-2-19-14(18)16(13(17)12-6-7-12)10-15(11-16)8-4-3-5-9-15/h12H,2-11H2,1H3. The van der Waals surface area contributed by atoms with Crippen molar-refractivity contribution in [2.45, 2.75) is 64.7 Å². The fraction of sp³-hybridized carbons (Fsp3) is 0.875. The smallest absolute Gasteiger partial charge is 0.319 e. The van der Waals surface area contributed by atoms with E-state index in [4.69, 9.17) is 4.74 Å². The van der Waals surface area contributed by atoms with Gasteiger partial charge in [0, 0.05) is 5.92 Å². The Kier molecular flexibility index (Phi) is 3.18. The maximum Gasteiger partial charge on any atom is 0.319 e. The minimum absolute atomic E-state index is 0.158. The van der Waals surface area contributed by atoms with Crippen LogP contribution in [0.15, 0.2) is 0 Å². The molecule has 0 aromatic carbocycles. The number of Topliss-reactive ketones (excluding diaryl/α,β-unsaturated/α-hetero) is 1. The lowest BCUT2D eigenvalue weighted by molar-refractivity contribution is -0.181. The van der Waals surface area contributed by atoms with Crippen LogP contribution in [0.5, 0.6) is 0 Å². The largest absolute Gasteiger partial charge is 0.465 e. The van der Waals surface area contributed by atoms with Gasteiger partial charge in [-0.15, -0.1) is 0 Å². The summed E-state index contributed by atoms with van der Waals surface area (Å²) in [4.78, 5) is 24.9. The van der Waals surface area contributed by atoms with Crippen LogP contribution in [0, 0.1) is 16.7 Å². The van der Waals surface area contributed by atoms with Crippen molar-refractivity contribution < 1.29 is 14.3 Å². The predicted molar refractivity (Wildman–Crippen MR) is 71.5 cm³/mol. The highest BCUT2D eigenvalue weighted by atomic mass is 16.5. The number of ketones is 1. The van der Waals surface area contributed by atoms with E-state index in [1.165, 1.54) is 32.1 Å². The van der Waals surface area contributed by atoms with Gasteiger partial charge in [-0.3, -0.25) is 9.59 Å². The molecule has 0 aliphatic heterocycles. The highest BCUT2D eigenvalue weighted by Crippen LogP contribution is 2.63.